The summed E-state index contributed by atoms with van der Waals surface area (Å²) in [5.74, 6) is 1.37. The lowest BCUT2D eigenvalue weighted by atomic mass is 10.0. The fourth-order valence-electron chi connectivity index (χ4n) is 3.14. The highest BCUT2D eigenvalue weighted by Crippen LogP contribution is 2.31. The predicted molar refractivity (Wildman–Crippen MR) is 123 cm³/mol. The van der Waals surface area contributed by atoms with Crippen molar-refractivity contribution in [2.24, 2.45) is 0 Å². The number of aromatic nitrogens is 2. The highest BCUT2D eigenvalue weighted by Gasteiger charge is 2.36. The number of unbranched alkanes of at least 4 members (excludes halogenated alkanes) is 3. The Balaban J connectivity index is 0.00000204. The number of carbonyl (C=O) groups is 1. The Morgan fingerprint density at radius 3 is 2.72 bits per heavy atom. The average molecular weight is 445 g/mol. The van der Waals surface area contributed by atoms with Crippen molar-refractivity contribution in [2.75, 3.05) is 32.5 Å². The predicted octanol–water partition coefficient (Wildman–Crippen LogP) is 5.99. The molecule has 1 aliphatic heterocycles. The zero-order valence-corrected chi connectivity index (χ0v) is 20.5. The molecule has 0 N–H and O–H groups in total. The van der Waals surface area contributed by atoms with Gasteiger partial charge in [-0.3, -0.25) is 4.48 Å². The average Bonchev–Trinajstić information content (AvgIpc) is 3.18. The van der Waals surface area contributed by atoms with Gasteiger partial charge in [0, 0.05) is 24.7 Å². The summed E-state index contributed by atoms with van der Waals surface area (Å²) in [7, 11) is 2.13. The van der Waals surface area contributed by atoms with E-state index in [0.29, 0.717) is 17.0 Å². The summed E-state index contributed by atoms with van der Waals surface area (Å²) in [5, 5.41) is -0.202. The van der Waals surface area contributed by atoms with Gasteiger partial charge in [-0.15, -0.1) is 4.37 Å². The molecular weight excluding hydrogens is 406 g/mol. The second kappa shape index (κ2) is 14.0. The number of ether oxygens (including phenoxy) is 2. The van der Waals surface area contributed by atoms with Gasteiger partial charge in [0.1, 0.15) is 12.2 Å². The molecule has 0 saturated heterocycles. The summed E-state index contributed by atoms with van der Waals surface area (Å²) >= 11 is 2.40. The third-order valence-electron chi connectivity index (χ3n) is 4.97. The van der Waals surface area contributed by atoms with Crippen LogP contribution in [0.3, 0.4) is 0 Å². The van der Waals surface area contributed by atoms with Crippen LogP contribution in [0.4, 0.5) is 4.79 Å². The molecule has 166 valence electrons. The Kier molecular flexibility index (Phi) is 12.5. The Morgan fingerprint density at radius 1 is 1.28 bits per heavy atom. The lowest BCUT2D eigenvalue weighted by molar-refractivity contribution is -0.944. The monoisotopic (exact) mass is 444 g/mol. The van der Waals surface area contributed by atoms with Crippen LogP contribution in [0.1, 0.15) is 72.4 Å². The highest BCUT2D eigenvalue weighted by molar-refractivity contribution is 8.13. The molecule has 0 saturated carbocycles. The summed E-state index contributed by atoms with van der Waals surface area (Å²) in [5.41, 5.74) is 1.98. The first kappa shape index (κ1) is 25.9. The second-order valence-corrected chi connectivity index (χ2v) is 8.83. The normalized spacial score (nSPS) is 19.6. The molecule has 0 aliphatic carbocycles. The third kappa shape index (κ3) is 8.26. The smallest absolute Gasteiger partial charge is 0.371 e. The fraction of sp³-hybridized carbons (Fsp3) is 0.762. The first-order valence-electron chi connectivity index (χ1n) is 10.8. The number of carbonyl (C=O) groups excluding carboxylic acids is 1. The van der Waals surface area contributed by atoms with Gasteiger partial charge in [0.15, 0.2) is 0 Å². The van der Waals surface area contributed by atoms with E-state index in [-0.39, 0.29) is 11.5 Å². The summed E-state index contributed by atoms with van der Waals surface area (Å²) < 4.78 is 21.0. The van der Waals surface area contributed by atoms with Crippen LogP contribution < -0.4 is 4.74 Å². The molecule has 8 heteroatoms. The van der Waals surface area contributed by atoms with E-state index < -0.39 is 0 Å². The largest absolute Gasteiger partial charge is 0.475 e. The molecule has 0 aromatic carbocycles. The van der Waals surface area contributed by atoms with Gasteiger partial charge in [-0.25, -0.2) is 4.79 Å². The molecule has 0 fully saturated rings. The van der Waals surface area contributed by atoms with Crippen molar-refractivity contribution in [1.29, 1.82) is 0 Å². The maximum absolute atomic E-state index is 11.9. The van der Waals surface area contributed by atoms with Gasteiger partial charge >= 0.3 is 5.30 Å². The molecule has 6 nitrogen and oxygen atoms in total. The van der Waals surface area contributed by atoms with E-state index in [4.69, 9.17) is 9.47 Å². The number of hydrogen-bond donors (Lipinski definition) is 0. The quantitative estimate of drug-likeness (QED) is 0.251. The van der Waals surface area contributed by atoms with Crippen molar-refractivity contribution in [2.45, 2.75) is 73.0 Å². The minimum Gasteiger partial charge on any atom is -0.475 e. The van der Waals surface area contributed by atoms with Crippen LogP contribution in [0.5, 0.6) is 5.88 Å². The van der Waals surface area contributed by atoms with Crippen molar-refractivity contribution in [3.63, 3.8) is 0 Å². The Bertz CT molecular complexity index is 636. The van der Waals surface area contributed by atoms with Crippen LogP contribution in [0.25, 0.3) is 5.57 Å². The molecule has 0 radical (unpaired) electrons. The number of quaternary nitrogens is 1. The maximum Gasteiger partial charge on any atom is 0.371 e. The van der Waals surface area contributed by atoms with E-state index >= 15 is 0 Å². The molecule has 1 aromatic rings. The van der Waals surface area contributed by atoms with Crippen LogP contribution in [0, 0.1) is 0 Å². The molecule has 0 amide bonds. The van der Waals surface area contributed by atoms with Crippen molar-refractivity contribution >= 4 is 34.4 Å². The van der Waals surface area contributed by atoms with Gasteiger partial charge in [0.05, 0.1) is 31.9 Å². The Morgan fingerprint density at radius 2 is 2.03 bits per heavy atom. The van der Waals surface area contributed by atoms with E-state index in [1.165, 1.54) is 42.8 Å². The topological polar surface area (TPSA) is 61.3 Å². The van der Waals surface area contributed by atoms with E-state index in [2.05, 4.69) is 28.8 Å². The van der Waals surface area contributed by atoms with Crippen LogP contribution in [-0.4, -0.2) is 57.3 Å². The van der Waals surface area contributed by atoms with Gasteiger partial charge in [-0.05, 0) is 18.2 Å². The van der Waals surface area contributed by atoms with E-state index in [1.807, 2.05) is 27.7 Å². The minimum absolute atomic E-state index is 0.202. The number of thioether (sulfide) groups is 1. The summed E-state index contributed by atoms with van der Waals surface area (Å²) in [6, 6.07) is 0. The van der Waals surface area contributed by atoms with E-state index in [9.17, 15) is 4.79 Å². The fourth-order valence-corrected chi connectivity index (χ4v) is 4.11. The summed E-state index contributed by atoms with van der Waals surface area (Å²) in [6.07, 6.45) is 7.61. The molecule has 2 heterocycles. The van der Waals surface area contributed by atoms with Gasteiger partial charge in [-0.2, -0.15) is 4.37 Å². The molecule has 2 rings (SSSR count). The standard InChI is InChI=1S/C19H32N3O3S2.C2H6/c1-5-7-8-9-13-24-18-17(20-27-21-18)16-11-10-12-22(4,14-16)15(3)25-19(23)26-6-2;1-2/h11,15H,5-10,12-14H2,1-4H3;1-2H3/q+1;. The van der Waals surface area contributed by atoms with E-state index in [1.54, 1.807) is 0 Å². The van der Waals surface area contributed by atoms with Crippen molar-refractivity contribution in [3.8, 4) is 5.88 Å². The van der Waals surface area contributed by atoms with Crippen LogP contribution in [-0.2, 0) is 4.74 Å². The lowest BCUT2D eigenvalue weighted by Crippen LogP contribution is -2.55. The summed E-state index contributed by atoms with van der Waals surface area (Å²) in [4.78, 5) is 11.9. The second-order valence-electron chi connectivity index (χ2n) is 7.11. The van der Waals surface area contributed by atoms with Crippen molar-refractivity contribution in [3.05, 3.63) is 11.8 Å². The highest BCUT2D eigenvalue weighted by atomic mass is 32.2. The molecule has 1 aliphatic rings. The van der Waals surface area contributed by atoms with Crippen LogP contribution in [0.2, 0.25) is 0 Å². The van der Waals surface area contributed by atoms with Gasteiger partial charge in [-0.1, -0.05) is 53.0 Å². The molecule has 1 aromatic heterocycles. The number of nitrogens with zero attached hydrogens (tertiary/aromatic N) is 3. The molecule has 29 heavy (non-hydrogen) atoms. The number of rotatable bonds is 10. The van der Waals surface area contributed by atoms with Crippen molar-refractivity contribution in [1.82, 2.24) is 8.75 Å². The molecule has 2 atom stereocenters. The van der Waals surface area contributed by atoms with E-state index in [0.717, 1.165) is 43.0 Å². The summed E-state index contributed by atoms with van der Waals surface area (Å²) in [6.45, 7) is 12.5. The van der Waals surface area contributed by atoms with Crippen LogP contribution in [0.15, 0.2) is 6.08 Å². The first-order chi connectivity index (χ1) is 14.0. The van der Waals surface area contributed by atoms with Gasteiger partial charge in [0.2, 0.25) is 6.23 Å². The molecular formula is C21H38N3O3S2+. The van der Waals surface area contributed by atoms with Gasteiger partial charge in [0.25, 0.3) is 5.88 Å². The third-order valence-corrected chi connectivity index (χ3v) is 6.10. The van der Waals surface area contributed by atoms with Crippen LogP contribution >= 0.6 is 23.5 Å². The Labute approximate surface area is 185 Å². The lowest BCUT2D eigenvalue weighted by Gasteiger charge is -2.41. The maximum atomic E-state index is 11.9. The SMILES string of the molecule is CC.CCCCCCOc1nsnc1C1=CCC[N+](C)(C(C)OC(=O)SCC)C1. The number of likely N-dealkylation sites (N-methyl/N-ethyl adjacent to an activating group) is 1. The van der Waals surface area contributed by atoms with Gasteiger partial charge < -0.3 is 9.47 Å². The molecule has 0 bridgehead atoms. The molecule has 0 spiro atoms. The Hall–Kier alpha value is -1.12. The van der Waals surface area contributed by atoms with Crippen molar-refractivity contribution < 1.29 is 18.8 Å². The zero-order valence-electron chi connectivity index (χ0n) is 18.9. The molecule has 2 unspecified atom stereocenters. The zero-order chi connectivity index (χ0) is 21.7. The first-order valence-corrected chi connectivity index (χ1v) is 12.5. The number of hydrogen-bond acceptors (Lipinski definition) is 7. The minimum atomic E-state index is -0.203.